The van der Waals surface area contributed by atoms with Gasteiger partial charge in [-0.05, 0) is 12.8 Å². The molecule has 0 aromatic heterocycles. The van der Waals surface area contributed by atoms with E-state index in [9.17, 15) is 4.79 Å². The predicted molar refractivity (Wildman–Crippen MR) is 53.6 cm³/mol. The Morgan fingerprint density at radius 1 is 1.19 bits per heavy atom. The minimum Gasteiger partial charge on any atom is -0.473 e. The molecule has 2 amide bonds. The third-order valence-electron chi connectivity index (χ3n) is 1.95. The van der Waals surface area contributed by atoms with Crippen LogP contribution < -0.4 is 11.5 Å². The first kappa shape index (κ1) is 14.2. The van der Waals surface area contributed by atoms with Gasteiger partial charge in [0.2, 0.25) is 0 Å². The van der Waals surface area contributed by atoms with Gasteiger partial charge < -0.3 is 26.6 Å². The van der Waals surface area contributed by atoms with Gasteiger partial charge in [-0.3, -0.25) is 0 Å². The number of rotatable bonds is 0. The third kappa shape index (κ3) is 5.81. The number of likely N-dealkylation sites (tertiary alicyclic amines) is 1. The Kier molecular flexibility index (Phi) is 5.86. The molecule has 1 rings (SSSR count). The summed E-state index contributed by atoms with van der Waals surface area (Å²) in [7, 11) is 0. The number of hydrogen-bond acceptors (Lipinski definition) is 4. The molecular weight excluding hydrogens is 218 g/mol. The van der Waals surface area contributed by atoms with Gasteiger partial charge in [-0.25, -0.2) is 14.4 Å². The van der Waals surface area contributed by atoms with Crippen molar-refractivity contribution in [3.8, 4) is 0 Å². The molecule has 1 unspecified atom stereocenters. The summed E-state index contributed by atoms with van der Waals surface area (Å²) >= 11 is 0. The van der Waals surface area contributed by atoms with Crippen LogP contribution in [0.15, 0.2) is 0 Å². The van der Waals surface area contributed by atoms with Gasteiger partial charge >= 0.3 is 18.0 Å². The highest BCUT2D eigenvalue weighted by molar-refractivity contribution is 6.27. The molecule has 1 fully saturated rings. The Hall–Kier alpha value is -1.83. The van der Waals surface area contributed by atoms with Crippen LogP contribution in [-0.2, 0) is 9.59 Å². The highest BCUT2D eigenvalue weighted by Gasteiger charge is 2.18. The number of aliphatic carboxylic acids is 2. The van der Waals surface area contributed by atoms with Crippen LogP contribution in [0.4, 0.5) is 4.79 Å². The summed E-state index contributed by atoms with van der Waals surface area (Å²) in [5.41, 5.74) is 10.7. The lowest BCUT2D eigenvalue weighted by Gasteiger charge is -2.28. The van der Waals surface area contributed by atoms with E-state index in [4.69, 9.17) is 31.3 Å². The highest BCUT2D eigenvalue weighted by atomic mass is 16.4. The van der Waals surface area contributed by atoms with Crippen LogP contribution in [0.5, 0.6) is 0 Å². The number of carboxylic acid groups (broad SMARTS) is 2. The number of nitrogens with two attached hydrogens (primary N) is 2. The maximum absolute atomic E-state index is 10.6. The molecule has 0 bridgehead atoms. The summed E-state index contributed by atoms with van der Waals surface area (Å²) in [4.78, 5) is 30.4. The number of carbonyl (C=O) groups excluding carboxylic acids is 1. The Morgan fingerprint density at radius 2 is 1.69 bits per heavy atom. The average Bonchev–Trinajstić information content (AvgIpc) is 2.18. The van der Waals surface area contributed by atoms with Crippen LogP contribution in [0.3, 0.4) is 0 Å². The molecule has 1 heterocycles. The first-order valence-corrected chi connectivity index (χ1v) is 4.60. The number of carboxylic acids is 2. The summed E-state index contributed by atoms with van der Waals surface area (Å²) in [5.74, 6) is -3.65. The van der Waals surface area contributed by atoms with Crippen LogP contribution in [0.1, 0.15) is 12.8 Å². The van der Waals surface area contributed by atoms with Crippen molar-refractivity contribution in [1.29, 1.82) is 0 Å². The van der Waals surface area contributed by atoms with E-state index < -0.39 is 11.9 Å². The summed E-state index contributed by atoms with van der Waals surface area (Å²) in [5, 5.41) is 14.8. The first-order chi connectivity index (χ1) is 7.34. The minimum absolute atomic E-state index is 0.126. The molecule has 0 radical (unpaired) electrons. The molecule has 0 saturated carbocycles. The van der Waals surface area contributed by atoms with E-state index in [1.165, 1.54) is 0 Å². The van der Waals surface area contributed by atoms with Gasteiger partial charge in [0.05, 0.1) is 0 Å². The van der Waals surface area contributed by atoms with Crippen molar-refractivity contribution in [2.75, 3.05) is 13.1 Å². The number of urea groups is 1. The second kappa shape index (κ2) is 6.62. The number of nitrogens with zero attached hydrogens (tertiary/aromatic N) is 1. The van der Waals surface area contributed by atoms with Gasteiger partial charge in [0.15, 0.2) is 0 Å². The molecule has 92 valence electrons. The zero-order chi connectivity index (χ0) is 12.7. The van der Waals surface area contributed by atoms with Gasteiger partial charge in [0.1, 0.15) is 0 Å². The van der Waals surface area contributed by atoms with Crippen LogP contribution in [0, 0.1) is 0 Å². The molecular formula is C8H15N3O5. The molecule has 8 heteroatoms. The maximum Gasteiger partial charge on any atom is 0.414 e. The molecule has 8 nitrogen and oxygen atoms in total. The number of piperidine rings is 1. The lowest BCUT2D eigenvalue weighted by molar-refractivity contribution is -0.159. The van der Waals surface area contributed by atoms with Crippen LogP contribution >= 0.6 is 0 Å². The number of carbonyl (C=O) groups is 3. The second-order valence-corrected chi connectivity index (χ2v) is 3.30. The fourth-order valence-electron chi connectivity index (χ4n) is 1.21. The summed E-state index contributed by atoms with van der Waals surface area (Å²) in [6, 6.07) is -0.226. The topological polar surface area (TPSA) is 147 Å². The fraction of sp³-hybridized carbons (Fsp3) is 0.625. The van der Waals surface area contributed by atoms with E-state index in [2.05, 4.69) is 0 Å². The lowest BCUT2D eigenvalue weighted by Crippen LogP contribution is -2.47. The molecule has 16 heavy (non-hydrogen) atoms. The van der Waals surface area contributed by atoms with E-state index in [-0.39, 0.29) is 12.1 Å². The van der Waals surface area contributed by atoms with Crippen molar-refractivity contribution >= 4 is 18.0 Å². The monoisotopic (exact) mass is 233 g/mol. The zero-order valence-electron chi connectivity index (χ0n) is 8.63. The fourth-order valence-corrected chi connectivity index (χ4v) is 1.21. The predicted octanol–water partition coefficient (Wildman–Crippen LogP) is -1.36. The normalized spacial score (nSPS) is 19.3. The summed E-state index contributed by atoms with van der Waals surface area (Å²) in [6.07, 6.45) is 1.98. The molecule has 1 aliphatic heterocycles. The van der Waals surface area contributed by atoms with Gasteiger partial charge in [-0.1, -0.05) is 0 Å². The third-order valence-corrected chi connectivity index (χ3v) is 1.95. The number of amides is 2. The lowest BCUT2D eigenvalue weighted by atomic mass is 10.1. The Morgan fingerprint density at radius 3 is 1.94 bits per heavy atom. The van der Waals surface area contributed by atoms with Crippen molar-refractivity contribution in [3.63, 3.8) is 0 Å². The molecule has 0 aliphatic carbocycles. The number of hydrogen-bond donors (Lipinski definition) is 4. The number of primary amides is 1. The maximum atomic E-state index is 10.6. The largest absolute Gasteiger partial charge is 0.473 e. The van der Waals surface area contributed by atoms with Crippen LogP contribution in [-0.4, -0.2) is 52.2 Å². The molecule has 6 N–H and O–H groups in total. The van der Waals surface area contributed by atoms with Crippen molar-refractivity contribution in [3.05, 3.63) is 0 Å². The standard InChI is InChI=1S/C6H13N3O.C2H2O4/c7-5-2-1-3-9(4-5)6(8)10;3-1(4)2(5)6/h5H,1-4,7H2,(H2,8,10);(H,3,4)(H,5,6). The second-order valence-electron chi connectivity index (χ2n) is 3.30. The zero-order valence-corrected chi connectivity index (χ0v) is 8.63. The van der Waals surface area contributed by atoms with E-state index in [1.807, 2.05) is 0 Å². The van der Waals surface area contributed by atoms with Crippen molar-refractivity contribution in [2.45, 2.75) is 18.9 Å². The van der Waals surface area contributed by atoms with Gasteiger partial charge in [0, 0.05) is 19.1 Å². The Labute approximate surface area is 91.8 Å². The SMILES string of the molecule is NC(=O)N1CCCC(N)C1.O=C(O)C(=O)O. The van der Waals surface area contributed by atoms with E-state index in [0.29, 0.717) is 6.54 Å². The van der Waals surface area contributed by atoms with Crippen LogP contribution in [0.25, 0.3) is 0 Å². The molecule has 0 aromatic carbocycles. The highest BCUT2D eigenvalue weighted by Crippen LogP contribution is 2.06. The van der Waals surface area contributed by atoms with Crippen molar-refractivity contribution < 1.29 is 24.6 Å². The van der Waals surface area contributed by atoms with Gasteiger partial charge in [-0.15, -0.1) is 0 Å². The van der Waals surface area contributed by atoms with Crippen molar-refractivity contribution in [2.24, 2.45) is 11.5 Å². The Balaban J connectivity index is 0.000000325. The van der Waals surface area contributed by atoms with Crippen molar-refractivity contribution in [1.82, 2.24) is 4.90 Å². The van der Waals surface area contributed by atoms with E-state index >= 15 is 0 Å². The molecule has 1 aliphatic rings. The summed E-state index contributed by atoms with van der Waals surface area (Å²) in [6.45, 7) is 1.39. The first-order valence-electron chi connectivity index (χ1n) is 4.60. The Bertz CT molecular complexity index is 269. The average molecular weight is 233 g/mol. The minimum atomic E-state index is -1.82. The van der Waals surface area contributed by atoms with Crippen LogP contribution in [0.2, 0.25) is 0 Å². The molecule has 1 saturated heterocycles. The van der Waals surface area contributed by atoms with Gasteiger partial charge in [-0.2, -0.15) is 0 Å². The quantitative estimate of drug-likeness (QED) is 0.380. The molecule has 0 spiro atoms. The molecule has 0 aromatic rings. The molecule has 1 atom stereocenters. The van der Waals surface area contributed by atoms with E-state index in [0.717, 1.165) is 19.4 Å². The smallest absolute Gasteiger partial charge is 0.414 e. The van der Waals surface area contributed by atoms with E-state index in [1.54, 1.807) is 4.90 Å². The van der Waals surface area contributed by atoms with Gasteiger partial charge in [0.25, 0.3) is 0 Å². The summed E-state index contributed by atoms with van der Waals surface area (Å²) < 4.78 is 0.